The molecule has 1 aliphatic rings. The Hall–Kier alpha value is -1.71. The number of hydrogen-bond donors (Lipinski definition) is 2. The molecule has 0 saturated carbocycles. The van der Waals surface area contributed by atoms with Crippen molar-refractivity contribution in [3.8, 4) is 0 Å². The first-order chi connectivity index (χ1) is 9.47. The smallest absolute Gasteiger partial charge is 0.309 e. The Balaban J connectivity index is 2.03. The zero-order valence-corrected chi connectivity index (χ0v) is 11.5. The van der Waals surface area contributed by atoms with Crippen LogP contribution in [0.5, 0.6) is 0 Å². The lowest BCUT2D eigenvalue weighted by atomic mass is 10.3. The highest BCUT2D eigenvalue weighted by Crippen LogP contribution is 2.12. The van der Waals surface area contributed by atoms with Crippen molar-refractivity contribution in [1.82, 2.24) is 9.29 Å². The predicted molar refractivity (Wildman–Crippen MR) is 70.5 cm³/mol. The van der Waals surface area contributed by atoms with Crippen molar-refractivity contribution in [3.05, 3.63) is 24.0 Å². The minimum absolute atomic E-state index is 0.198. The van der Waals surface area contributed by atoms with Crippen LogP contribution in [0.1, 0.15) is 5.69 Å². The minimum Gasteiger partial charge on any atom is -0.481 e. The third-order valence-electron chi connectivity index (χ3n) is 2.71. The van der Waals surface area contributed by atoms with E-state index in [0.29, 0.717) is 37.7 Å². The third kappa shape index (κ3) is 3.89. The second-order valence-electron chi connectivity index (χ2n) is 4.23. The number of nitrogens with one attached hydrogen (secondary N) is 1. The summed E-state index contributed by atoms with van der Waals surface area (Å²) in [5.74, 6) is -0.987. The first-order valence-electron chi connectivity index (χ1n) is 6.00. The molecule has 1 aliphatic heterocycles. The maximum absolute atomic E-state index is 12.1. The van der Waals surface area contributed by atoms with Gasteiger partial charge in [-0.2, -0.15) is 12.7 Å². The molecule has 0 spiro atoms. The van der Waals surface area contributed by atoms with E-state index >= 15 is 0 Å². The van der Waals surface area contributed by atoms with Crippen molar-refractivity contribution < 1.29 is 23.1 Å². The van der Waals surface area contributed by atoms with Crippen molar-refractivity contribution in [1.29, 1.82) is 0 Å². The third-order valence-corrected chi connectivity index (χ3v) is 4.25. The van der Waals surface area contributed by atoms with E-state index in [4.69, 9.17) is 9.84 Å². The van der Waals surface area contributed by atoms with Crippen LogP contribution in [0.2, 0.25) is 0 Å². The number of carboxylic acids is 1. The largest absolute Gasteiger partial charge is 0.481 e. The molecular formula is C11H15N3O5S. The van der Waals surface area contributed by atoms with Gasteiger partial charge in [0.1, 0.15) is 0 Å². The summed E-state index contributed by atoms with van der Waals surface area (Å²) >= 11 is 0. The molecule has 2 rings (SSSR count). The van der Waals surface area contributed by atoms with Crippen LogP contribution in [0.15, 0.2) is 18.3 Å². The first kappa shape index (κ1) is 14.7. The fourth-order valence-electron chi connectivity index (χ4n) is 1.74. The average Bonchev–Trinajstić information content (AvgIpc) is 2.41. The molecule has 1 aromatic rings. The van der Waals surface area contributed by atoms with Crippen LogP contribution in [-0.2, 0) is 26.2 Å². The van der Waals surface area contributed by atoms with Gasteiger partial charge in [-0.25, -0.2) is 0 Å². The van der Waals surface area contributed by atoms with Crippen LogP contribution in [-0.4, -0.2) is 55.1 Å². The molecule has 1 saturated heterocycles. The van der Waals surface area contributed by atoms with Crippen molar-refractivity contribution in [3.63, 3.8) is 0 Å². The summed E-state index contributed by atoms with van der Waals surface area (Å²) in [4.78, 5) is 14.4. The molecule has 9 heteroatoms. The average molecular weight is 301 g/mol. The second kappa shape index (κ2) is 6.16. The molecule has 20 heavy (non-hydrogen) atoms. The van der Waals surface area contributed by atoms with Gasteiger partial charge >= 0.3 is 16.2 Å². The Morgan fingerprint density at radius 2 is 2.10 bits per heavy atom. The standard InChI is InChI=1S/C11H15N3O5S/c15-11(16)7-9-1-2-10(8-12-9)13-20(17,18)14-3-5-19-6-4-14/h1-2,8,13H,3-7H2,(H,15,16). The summed E-state index contributed by atoms with van der Waals surface area (Å²) in [5.41, 5.74) is 0.664. The van der Waals surface area contributed by atoms with E-state index in [1.54, 1.807) is 0 Å². The topological polar surface area (TPSA) is 109 Å². The number of morpholine rings is 1. The zero-order valence-electron chi connectivity index (χ0n) is 10.7. The van der Waals surface area contributed by atoms with Crippen LogP contribution in [0, 0.1) is 0 Å². The molecule has 0 aromatic carbocycles. The van der Waals surface area contributed by atoms with Crippen LogP contribution >= 0.6 is 0 Å². The molecular weight excluding hydrogens is 286 g/mol. The molecule has 110 valence electrons. The van der Waals surface area contributed by atoms with Gasteiger partial charge in [0, 0.05) is 13.1 Å². The quantitative estimate of drug-likeness (QED) is 0.772. The number of carbonyl (C=O) groups is 1. The number of aromatic nitrogens is 1. The molecule has 0 amide bonds. The van der Waals surface area contributed by atoms with Crippen molar-refractivity contribution in [2.24, 2.45) is 0 Å². The van der Waals surface area contributed by atoms with Crippen LogP contribution < -0.4 is 4.72 Å². The summed E-state index contributed by atoms with van der Waals surface area (Å²) in [5, 5.41) is 8.62. The normalized spacial score (nSPS) is 16.8. The summed E-state index contributed by atoms with van der Waals surface area (Å²) < 4.78 is 32.9. The van der Waals surface area contributed by atoms with Crippen LogP contribution in [0.25, 0.3) is 0 Å². The van der Waals surface area contributed by atoms with Gasteiger partial charge in [0.05, 0.1) is 37.2 Å². The summed E-state index contributed by atoms with van der Waals surface area (Å²) in [7, 11) is -3.63. The number of carboxylic acid groups (broad SMARTS) is 1. The second-order valence-corrected chi connectivity index (χ2v) is 5.90. The first-order valence-corrected chi connectivity index (χ1v) is 7.44. The molecule has 0 bridgehead atoms. The highest BCUT2D eigenvalue weighted by Gasteiger charge is 2.24. The van der Waals surface area contributed by atoms with Crippen molar-refractivity contribution >= 4 is 21.9 Å². The lowest BCUT2D eigenvalue weighted by Gasteiger charge is -2.26. The van der Waals surface area contributed by atoms with E-state index in [1.165, 1.54) is 22.6 Å². The van der Waals surface area contributed by atoms with Gasteiger partial charge in [0.2, 0.25) is 0 Å². The van der Waals surface area contributed by atoms with Gasteiger partial charge in [-0.3, -0.25) is 14.5 Å². The van der Waals surface area contributed by atoms with E-state index < -0.39 is 16.2 Å². The number of aliphatic carboxylic acids is 1. The predicted octanol–water partition coefficient (Wildman–Crippen LogP) is -0.302. The molecule has 0 aliphatic carbocycles. The Morgan fingerprint density at radius 1 is 1.40 bits per heavy atom. The van der Waals surface area contributed by atoms with E-state index in [0.717, 1.165) is 0 Å². The van der Waals surface area contributed by atoms with Crippen LogP contribution in [0.3, 0.4) is 0 Å². The number of rotatable bonds is 5. The summed E-state index contributed by atoms with van der Waals surface area (Å²) in [6, 6.07) is 2.97. The molecule has 1 fully saturated rings. The van der Waals surface area contributed by atoms with Gasteiger partial charge in [-0.05, 0) is 12.1 Å². The van der Waals surface area contributed by atoms with E-state index in [-0.39, 0.29) is 6.42 Å². The number of ether oxygens (including phenoxy) is 1. The SMILES string of the molecule is O=C(O)Cc1ccc(NS(=O)(=O)N2CCOCC2)cn1. The molecule has 8 nitrogen and oxygen atoms in total. The fraction of sp³-hybridized carbons (Fsp3) is 0.455. The molecule has 0 unspecified atom stereocenters. The maximum Gasteiger partial charge on any atom is 0.309 e. The Labute approximate surface area is 116 Å². The highest BCUT2D eigenvalue weighted by molar-refractivity contribution is 7.90. The Bertz CT molecular complexity index is 566. The number of nitrogens with zero attached hydrogens (tertiary/aromatic N) is 2. The number of pyridine rings is 1. The lowest BCUT2D eigenvalue weighted by molar-refractivity contribution is -0.136. The van der Waals surface area contributed by atoms with Gasteiger partial charge in [-0.15, -0.1) is 0 Å². The number of hydrogen-bond acceptors (Lipinski definition) is 5. The zero-order chi connectivity index (χ0) is 14.6. The monoisotopic (exact) mass is 301 g/mol. The van der Waals surface area contributed by atoms with Gasteiger partial charge in [0.15, 0.2) is 0 Å². The van der Waals surface area contributed by atoms with E-state index in [1.807, 2.05) is 0 Å². The molecule has 0 radical (unpaired) electrons. The van der Waals surface area contributed by atoms with Crippen LogP contribution in [0.4, 0.5) is 5.69 Å². The molecule has 2 N–H and O–H groups in total. The fourth-order valence-corrected chi connectivity index (χ4v) is 2.92. The van der Waals surface area contributed by atoms with Gasteiger partial charge < -0.3 is 9.84 Å². The summed E-state index contributed by atoms with van der Waals surface area (Å²) in [6.45, 7) is 1.35. The molecule has 0 atom stereocenters. The van der Waals surface area contributed by atoms with Crippen molar-refractivity contribution in [2.45, 2.75) is 6.42 Å². The molecule has 1 aromatic heterocycles. The molecule has 2 heterocycles. The summed E-state index contributed by atoms with van der Waals surface area (Å²) in [6.07, 6.45) is 1.10. The lowest BCUT2D eigenvalue weighted by Crippen LogP contribution is -2.43. The van der Waals surface area contributed by atoms with E-state index in [9.17, 15) is 13.2 Å². The number of anilines is 1. The van der Waals surface area contributed by atoms with Gasteiger partial charge in [-0.1, -0.05) is 0 Å². The Morgan fingerprint density at radius 3 is 2.65 bits per heavy atom. The minimum atomic E-state index is -3.63. The Kier molecular flexibility index (Phi) is 4.53. The van der Waals surface area contributed by atoms with E-state index in [2.05, 4.69) is 9.71 Å². The maximum atomic E-state index is 12.1. The van der Waals surface area contributed by atoms with Gasteiger partial charge in [0.25, 0.3) is 0 Å². The van der Waals surface area contributed by atoms with Crippen molar-refractivity contribution in [2.75, 3.05) is 31.0 Å². The highest BCUT2D eigenvalue weighted by atomic mass is 32.2.